The van der Waals surface area contributed by atoms with Crippen molar-refractivity contribution >= 4 is 16.7 Å². The van der Waals surface area contributed by atoms with Crippen molar-refractivity contribution in [2.75, 3.05) is 0 Å². The first-order chi connectivity index (χ1) is 10.2. The third-order valence-corrected chi connectivity index (χ3v) is 3.26. The lowest BCUT2D eigenvalue weighted by Gasteiger charge is -1.99. The molecule has 0 radical (unpaired) electrons. The summed E-state index contributed by atoms with van der Waals surface area (Å²) in [7, 11) is 0. The van der Waals surface area contributed by atoms with Crippen LogP contribution in [0, 0.1) is 0 Å². The lowest BCUT2D eigenvalue weighted by molar-refractivity contribution is -0.137. The molecule has 3 rings (SSSR count). The van der Waals surface area contributed by atoms with Crippen molar-refractivity contribution in [1.29, 1.82) is 0 Å². The van der Waals surface area contributed by atoms with Crippen LogP contribution < -0.4 is 0 Å². The highest BCUT2D eigenvalue weighted by molar-refractivity contribution is 5.86. The fraction of sp³-hybridized carbons (Fsp3) is 0.188. The second-order valence-electron chi connectivity index (χ2n) is 4.82. The number of aryl methyl sites for hydroxylation is 1. The highest BCUT2D eigenvalue weighted by atomic mass is 16.5. The molecule has 1 N–H and O–H groups in total. The fourth-order valence-corrected chi connectivity index (χ4v) is 2.19. The summed E-state index contributed by atoms with van der Waals surface area (Å²) < 4.78 is 5.16. The van der Waals surface area contributed by atoms with E-state index < -0.39 is 5.97 Å². The second-order valence-corrected chi connectivity index (χ2v) is 4.82. The highest BCUT2D eigenvalue weighted by Gasteiger charge is 2.09. The van der Waals surface area contributed by atoms with Crippen LogP contribution in [0.5, 0.6) is 0 Å². The average Bonchev–Trinajstić information content (AvgIpc) is 2.95. The molecule has 5 nitrogen and oxygen atoms in total. The van der Waals surface area contributed by atoms with Gasteiger partial charge in [-0.1, -0.05) is 41.6 Å². The summed E-state index contributed by atoms with van der Waals surface area (Å²) in [6.45, 7) is 0. The van der Waals surface area contributed by atoms with E-state index in [0.29, 0.717) is 24.6 Å². The van der Waals surface area contributed by atoms with Gasteiger partial charge in [-0.2, -0.15) is 4.98 Å². The van der Waals surface area contributed by atoms with Crippen LogP contribution in [0.1, 0.15) is 18.7 Å². The molecule has 5 heteroatoms. The zero-order valence-electron chi connectivity index (χ0n) is 11.3. The Morgan fingerprint density at radius 3 is 2.76 bits per heavy atom. The molecule has 0 aliphatic heterocycles. The van der Waals surface area contributed by atoms with E-state index in [4.69, 9.17) is 9.63 Å². The molecule has 0 spiro atoms. The molecule has 0 fully saturated rings. The van der Waals surface area contributed by atoms with Crippen LogP contribution in [0.4, 0.5) is 0 Å². The van der Waals surface area contributed by atoms with Gasteiger partial charge in [-0.15, -0.1) is 0 Å². The summed E-state index contributed by atoms with van der Waals surface area (Å²) in [4.78, 5) is 14.8. The fourth-order valence-electron chi connectivity index (χ4n) is 2.19. The van der Waals surface area contributed by atoms with Gasteiger partial charge in [0, 0.05) is 18.4 Å². The number of carbonyl (C=O) groups is 1. The number of hydrogen-bond donors (Lipinski definition) is 1. The van der Waals surface area contributed by atoms with Gasteiger partial charge in [0.2, 0.25) is 11.7 Å². The van der Waals surface area contributed by atoms with E-state index in [9.17, 15) is 4.79 Å². The Morgan fingerprint density at radius 2 is 1.95 bits per heavy atom. The van der Waals surface area contributed by atoms with Crippen molar-refractivity contribution in [1.82, 2.24) is 10.1 Å². The zero-order valence-corrected chi connectivity index (χ0v) is 11.3. The van der Waals surface area contributed by atoms with Crippen molar-refractivity contribution in [3.05, 3.63) is 48.4 Å². The standard InChI is InChI=1S/C16H14N2O3/c19-15(20)7-3-6-14-17-16(18-21-14)13-9-8-11-4-1-2-5-12(11)10-13/h1-2,4-5,8-10H,3,6-7H2,(H,19,20). The third-order valence-electron chi connectivity index (χ3n) is 3.26. The number of carboxylic acid groups (broad SMARTS) is 1. The summed E-state index contributed by atoms with van der Waals surface area (Å²) in [5.41, 5.74) is 0.891. The van der Waals surface area contributed by atoms with Crippen LogP contribution in [-0.4, -0.2) is 21.2 Å². The van der Waals surface area contributed by atoms with Crippen LogP contribution >= 0.6 is 0 Å². The van der Waals surface area contributed by atoms with Crippen LogP contribution in [0.2, 0.25) is 0 Å². The number of carboxylic acids is 1. The minimum Gasteiger partial charge on any atom is -0.481 e. The van der Waals surface area contributed by atoms with Gasteiger partial charge in [-0.25, -0.2) is 0 Å². The molecular formula is C16H14N2O3. The van der Waals surface area contributed by atoms with E-state index in [2.05, 4.69) is 10.1 Å². The maximum atomic E-state index is 10.5. The quantitative estimate of drug-likeness (QED) is 0.777. The zero-order chi connectivity index (χ0) is 14.7. The molecule has 106 valence electrons. The normalized spacial score (nSPS) is 10.9. The van der Waals surface area contributed by atoms with E-state index in [1.54, 1.807) is 0 Å². The SMILES string of the molecule is O=C(O)CCCc1nc(-c2ccc3ccccc3c2)no1. The monoisotopic (exact) mass is 282 g/mol. The first-order valence-electron chi connectivity index (χ1n) is 6.76. The van der Waals surface area contributed by atoms with Gasteiger partial charge in [0.15, 0.2) is 0 Å². The number of hydrogen-bond acceptors (Lipinski definition) is 4. The molecule has 0 atom stereocenters. The molecule has 21 heavy (non-hydrogen) atoms. The Kier molecular flexibility index (Phi) is 3.64. The minimum atomic E-state index is -0.815. The van der Waals surface area contributed by atoms with Gasteiger partial charge in [0.1, 0.15) is 0 Å². The number of aliphatic carboxylic acids is 1. The molecule has 0 bridgehead atoms. The van der Waals surface area contributed by atoms with E-state index in [1.165, 1.54) is 0 Å². The average molecular weight is 282 g/mol. The maximum absolute atomic E-state index is 10.5. The Labute approximate surface area is 121 Å². The number of benzene rings is 2. The molecule has 2 aromatic carbocycles. The van der Waals surface area contributed by atoms with Crippen LogP contribution in [0.25, 0.3) is 22.2 Å². The summed E-state index contributed by atoms with van der Waals surface area (Å²) in [5.74, 6) is 0.190. The van der Waals surface area contributed by atoms with Crippen molar-refractivity contribution in [3.63, 3.8) is 0 Å². The smallest absolute Gasteiger partial charge is 0.303 e. The largest absolute Gasteiger partial charge is 0.481 e. The van der Waals surface area contributed by atoms with Crippen molar-refractivity contribution < 1.29 is 14.4 Å². The predicted octanol–water partition coefficient (Wildman–Crippen LogP) is 3.30. The van der Waals surface area contributed by atoms with Gasteiger partial charge in [-0.3, -0.25) is 4.79 Å². The molecule has 0 aliphatic rings. The summed E-state index contributed by atoms with van der Waals surface area (Å²) in [5, 5.41) is 14.8. The Bertz CT molecular complexity index is 780. The Balaban J connectivity index is 1.79. The lowest BCUT2D eigenvalue weighted by Crippen LogP contribution is -1.95. The van der Waals surface area contributed by atoms with Gasteiger partial charge >= 0.3 is 5.97 Å². The van der Waals surface area contributed by atoms with Crippen molar-refractivity contribution in [2.45, 2.75) is 19.3 Å². The molecular weight excluding hydrogens is 268 g/mol. The first kappa shape index (κ1) is 13.3. The Hall–Kier alpha value is -2.69. The number of rotatable bonds is 5. The minimum absolute atomic E-state index is 0.105. The van der Waals surface area contributed by atoms with Crippen LogP contribution in [0.15, 0.2) is 47.0 Å². The topological polar surface area (TPSA) is 76.2 Å². The lowest BCUT2D eigenvalue weighted by atomic mass is 10.1. The van der Waals surface area contributed by atoms with Crippen LogP contribution in [0.3, 0.4) is 0 Å². The number of nitrogens with zero attached hydrogens (tertiary/aromatic N) is 2. The van der Waals surface area contributed by atoms with Gasteiger partial charge in [0.05, 0.1) is 0 Å². The molecule has 1 heterocycles. The van der Waals surface area contributed by atoms with Gasteiger partial charge in [0.25, 0.3) is 0 Å². The van der Waals surface area contributed by atoms with E-state index in [-0.39, 0.29) is 6.42 Å². The van der Waals surface area contributed by atoms with Crippen molar-refractivity contribution in [3.8, 4) is 11.4 Å². The number of fused-ring (bicyclic) bond motifs is 1. The predicted molar refractivity (Wildman–Crippen MR) is 77.8 cm³/mol. The molecule has 1 aromatic heterocycles. The Morgan fingerprint density at radius 1 is 1.14 bits per heavy atom. The molecule has 0 aliphatic carbocycles. The molecule has 0 amide bonds. The third kappa shape index (κ3) is 3.08. The van der Waals surface area contributed by atoms with E-state index in [0.717, 1.165) is 16.3 Å². The highest BCUT2D eigenvalue weighted by Crippen LogP contribution is 2.22. The van der Waals surface area contributed by atoms with E-state index in [1.807, 2.05) is 42.5 Å². The summed E-state index contributed by atoms with van der Waals surface area (Å²) in [6, 6.07) is 14.1. The van der Waals surface area contributed by atoms with E-state index >= 15 is 0 Å². The summed E-state index contributed by atoms with van der Waals surface area (Å²) in [6.07, 6.45) is 1.08. The molecule has 0 saturated heterocycles. The van der Waals surface area contributed by atoms with Gasteiger partial charge in [-0.05, 0) is 23.3 Å². The molecule has 3 aromatic rings. The first-order valence-corrected chi connectivity index (χ1v) is 6.76. The number of aromatic nitrogens is 2. The second kappa shape index (κ2) is 5.75. The van der Waals surface area contributed by atoms with Gasteiger partial charge < -0.3 is 9.63 Å². The molecule has 0 unspecified atom stereocenters. The van der Waals surface area contributed by atoms with Crippen LogP contribution in [-0.2, 0) is 11.2 Å². The molecule has 0 saturated carbocycles. The van der Waals surface area contributed by atoms with Crippen molar-refractivity contribution in [2.24, 2.45) is 0 Å². The summed E-state index contributed by atoms with van der Waals surface area (Å²) >= 11 is 0. The maximum Gasteiger partial charge on any atom is 0.303 e.